The molecule has 0 amide bonds. The molecule has 3 N–H and O–H groups in total. The van der Waals surface area contributed by atoms with E-state index in [2.05, 4.69) is 0 Å². The molecule has 14 heavy (non-hydrogen) atoms. The van der Waals surface area contributed by atoms with Gasteiger partial charge in [0.05, 0.1) is 5.02 Å². The van der Waals surface area contributed by atoms with Crippen LogP contribution in [0.15, 0.2) is 6.07 Å². The molecule has 1 aromatic carbocycles. The van der Waals surface area contributed by atoms with Crippen LogP contribution in [-0.4, -0.2) is 5.11 Å². The second-order valence-electron chi connectivity index (χ2n) is 4.55. The normalized spacial score (nSPS) is 11.8. The summed E-state index contributed by atoms with van der Waals surface area (Å²) >= 11 is 5.96. The smallest absolute Gasteiger partial charge is 0.138 e. The van der Waals surface area contributed by atoms with Gasteiger partial charge in [-0.2, -0.15) is 0 Å². The zero-order valence-electron chi connectivity index (χ0n) is 8.98. The fourth-order valence-corrected chi connectivity index (χ4v) is 1.54. The topological polar surface area (TPSA) is 46.2 Å². The molecule has 0 aromatic heterocycles. The minimum Gasteiger partial charge on any atom is -0.506 e. The maximum Gasteiger partial charge on any atom is 0.138 e. The van der Waals surface area contributed by atoms with Crippen LogP contribution in [0, 0.1) is 6.92 Å². The van der Waals surface area contributed by atoms with Crippen molar-refractivity contribution in [3.8, 4) is 5.75 Å². The van der Waals surface area contributed by atoms with Crippen LogP contribution >= 0.6 is 11.6 Å². The lowest BCUT2D eigenvalue weighted by atomic mass is 9.85. The minimum atomic E-state index is -0.157. The van der Waals surface area contributed by atoms with Gasteiger partial charge in [-0.15, -0.1) is 0 Å². The van der Waals surface area contributed by atoms with Crippen molar-refractivity contribution in [1.29, 1.82) is 0 Å². The summed E-state index contributed by atoms with van der Waals surface area (Å²) in [6.07, 6.45) is 0. The van der Waals surface area contributed by atoms with E-state index in [4.69, 9.17) is 17.3 Å². The first kappa shape index (κ1) is 11.2. The van der Waals surface area contributed by atoms with Gasteiger partial charge >= 0.3 is 0 Å². The Labute approximate surface area is 89.7 Å². The Morgan fingerprint density at radius 2 is 1.86 bits per heavy atom. The summed E-state index contributed by atoms with van der Waals surface area (Å²) in [5.74, 6) is 0.144. The van der Waals surface area contributed by atoms with Gasteiger partial charge in [0.25, 0.3) is 0 Å². The van der Waals surface area contributed by atoms with Gasteiger partial charge in [-0.05, 0) is 24.0 Å². The highest BCUT2D eigenvalue weighted by molar-refractivity contribution is 6.33. The molecule has 0 radical (unpaired) electrons. The summed E-state index contributed by atoms with van der Waals surface area (Å²) in [7, 11) is 0. The van der Waals surface area contributed by atoms with E-state index in [-0.39, 0.29) is 11.2 Å². The molecule has 1 rings (SSSR count). The monoisotopic (exact) mass is 213 g/mol. The lowest BCUT2D eigenvalue weighted by molar-refractivity contribution is 0.447. The van der Waals surface area contributed by atoms with E-state index in [1.807, 2.05) is 20.8 Å². The molecule has 3 heteroatoms. The van der Waals surface area contributed by atoms with Gasteiger partial charge in [0.2, 0.25) is 0 Å². The number of hydrogen-bond donors (Lipinski definition) is 2. The summed E-state index contributed by atoms with van der Waals surface area (Å²) in [5.41, 5.74) is 7.77. The van der Waals surface area contributed by atoms with Crippen LogP contribution in [0.5, 0.6) is 5.75 Å². The Kier molecular flexibility index (Phi) is 2.68. The molecule has 0 aliphatic heterocycles. The van der Waals surface area contributed by atoms with Crippen LogP contribution in [-0.2, 0) is 5.41 Å². The molecule has 2 nitrogen and oxygen atoms in total. The lowest BCUT2D eigenvalue weighted by Crippen LogP contribution is -2.12. The lowest BCUT2D eigenvalue weighted by Gasteiger charge is -2.22. The molecule has 0 spiro atoms. The van der Waals surface area contributed by atoms with E-state index in [1.165, 1.54) is 0 Å². The van der Waals surface area contributed by atoms with Crippen molar-refractivity contribution in [2.75, 3.05) is 5.73 Å². The second kappa shape index (κ2) is 3.35. The average Bonchev–Trinajstić information content (AvgIpc) is 2.06. The molecule has 0 atom stereocenters. The van der Waals surface area contributed by atoms with Gasteiger partial charge in [-0.3, -0.25) is 0 Å². The van der Waals surface area contributed by atoms with Gasteiger partial charge < -0.3 is 10.8 Å². The zero-order valence-corrected chi connectivity index (χ0v) is 9.74. The molecule has 78 valence electrons. The first-order valence-corrected chi connectivity index (χ1v) is 4.91. The number of phenols is 1. The van der Waals surface area contributed by atoms with E-state index in [0.717, 1.165) is 11.1 Å². The SMILES string of the molecule is Cc1c(N)cc(C(C)(C)C)c(O)c1Cl. The largest absolute Gasteiger partial charge is 0.506 e. The minimum absolute atomic E-state index is 0.144. The number of anilines is 1. The summed E-state index contributed by atoms with van der Waals surface area (Å²) in [6.45, 7) is 7.82. The third-order valence-electron chi connectivity index (χ3n) is 2.33. The van der Waals surface area contributed by atoms with E-state index in [9.17, 15) is 5.11 Å². The van der Waals surface area contributed by atoms with Crippen molar-refractivity contribution < 1.29 is 5.11 Å². The van der Waals surface area contributed by atoms with Crippen molar-refractivity contribution in [2.24, 2.45) is 0 Å². The first-order valence-electron chi connectivity index (χ1n) is 4.53. The Bertz CT molecular complexity index is 367. The van der Waals surface area contributed by atoms with Crippen LogP contribution in [0.4, 0.5) is 5.69 Å². The van der Waals surface area contributed by atoms with Crippen molar-refractivity contribution in [3.05, 3.63) is 22.2 Å². The fraction of sp³-hybridized carbons (Fsp3) is 0.455. The van der Waals surface area contributed by atoms with E-state index in [1.54, 1.807) is 13.0 Å². The second-order valence-corrected chi connectivity index (χ2v) is 4.93. The summed E-state index contributed by atoms with van der Waals surface area (Å²) in [5, 5.41) is 10.2. The summed E-state index contributed by atoms with van der Waals surface area (Å²) in [4.78, 5) is 0. The number of nitrogens with two attached hydrogens (primary N) is 1. The molecule has 0 aliphatic rings. The molecular weight excluding hydrogens is 198 g/mol. The Morgan fingerprint density at radius 1 is 1.36 bits per heavy atom. The van der Waals surface area contributed by atoms with Gasteiger partial charge in [0.1, 0.15) is 5.75 Å². The number of benzene rings is 1. The van der Waals surface area contributed by atoms with Crippen molar-refractivity contribution >= 4 is 17.3 Å². The predicted molar refractivity (Wildman–Crippen MR) is 61.0 cm³/mol. The van der Waals surface area contributed by atoms with Crippen LogP contribution in [0.3, 0.4) is 0 Å². The highest BCUT2D eigenvalue weighted by Gasteiger charge is 2.21. The zero-order chi connectivity index (χ0) is 11.1. The van der Waals surface area contributed by atoms with Crippen molar-refractivity contribution in [2.45, 2.75) is 33.1 Å². The number of nitrogen functional groups attached to an aromatic ring is 1. The Hall–Kier alpha value is -0.890. The average molecular weight is 214 g/mol. The molecule has 0 bridgehead atoms. The van der Waals surface area contributed by atoms with Crippen LogP contribution in [0.1, 0.15) is 31.9 Å². The molecule has 0 saturated heterocycles. The van der Waals surface area contributed by atoms with Gasteiger partial charge in [0, 0.05) is 11.3 Å². The molecule has 0 heterocycles. The number of rotatable bonds is 0. The van der Waals surface area contributed by atoms with Crippen molar-refractivity contribution in [1.82, 2.24) is 0 Å². The van der Waals surface area contributed by atoms with Crippen LogP contribution in [0.2, 0.25) is 5.02 Å². The maximum atomic E-state index is 9.85. The predicted octanol–water partition coefficient (Wildman–Crippen LogP) is 3.23. The van der Waals surface area contributed by atoms with Gasteiger partial charge in [-0.1, -0.05) is 32.4 Å². The highest BCUT2D eigenvalue weighted by Crippen LogP contribution is 2.40. The molecule has 0 unspecified atom stereocenters. The quantitative estimate of drug-likeness (QED) is 0.514. The Balaban J connectivity index is 3.49. The third kappa shape index (κ3) is 1.80. The first-order chi connectivity index (χ1) is 6.25. The highest BCUT2D eigenvalue weighted by atomic mass is 35.5. The molecular formula is C11H16ClNO. The number of phenolic OH excluding ortho intramolecular Hbond substituents is 1. The van der Waals surface area contributed by atoms with Gasteiger partial charge in [-0.25, -0.2) is 0 Å². The molecule has 0 fully saturated rings. The van der Waals surface area contributed by atoms with E-state index < -0.39 is 0 Å². The van der Waals surface area contributed by atoms with E-state index in [0.29, 0.717) is 10.7 Å². The third-order valence-corrected chi connectivity index (χ3v) is 2.80. The number of aromatic hydroxyl groups is 1. The fourth-order valence-electron chi connectivity index (χ4n) is 1.33. The number of halogens is 1. The summed E-state index contributed by atoms with van der Waals surface area (Å²) in [6, 6.07) is 1.79. The molecule has 0 aliphatic carbocycles. The van der Waals surface area contributed by atoms with Crippen molar-refractivity contribution in [3.63, 3.8) is 0 Å². The van der Waals surface area contributed by atoms with Crippen LogP contribution < -0.4 is 5.73 Å². The molecule has 0 saturated carbocycles. The van der Waals surface area contributed by atoms with Gasteiger partial charge in [0.15, 0.2) is 0 Å². The maximum absolute atomic E-state index is 9.85. The van der Waals surface area contributed by atoms with E-state index >= 15 is 0 Å². The molecule has 1 aromatic rings. The van der Waals surface area contributed by atoms with Crippen LogP contribution in [0.25, 0.3) is 0 Å². The Morgan fingerprint density at radius 3 is 2.29 bits per heavy atom. The summed E-state index contributed by atoms with van der Waals surface area (Å²) < 4.78 is 0. The standard InChI is InChI=1S/C11H16ClNO/c1-6-8(13)5-7(11(2,3)4)10(14)9(6)12/h5,14H,13H2,1-4H3. The number of hydrogen-bond acceptors (Lipinski definition) is 2.